The fourth-order valence-electron chi connectivity index (χ4n) is 1.27. The van der Waals surface area contributed by atoms with Gasteiger partial charge in [0.15, 0.2) is 0 Å². The van der Waals surface area contributed by atoms with Crippen LogP contribution in [0.1, 0.15) is 5.69 Å². The van der Waals surface area contributed by atoms with E-state index in [0.29, 0.717) is 16.6 Å². The lowest BCUT2D eigenvalue weighted by Crippen LogP contribution is -2.29. The number of hydrogen-bond donors (Lipinski definition) is 1. The standard InChI is InChI=1S/C9H9N3O/c1-6-5-8-7(3-2-4-11-8)9(13)12(6)10/h2-5H,10H2,1H3. The molecular weight excluding hydrogens is 166 g/mol. The van der Waals surface area contributed by atoms with E-state index in [0.717, 1.165) is 4.68 Å². The van der Waals surface area contributed by atoms with Crippen LogP contribution in [0.15, 0.2) is 29.2 Å². The van der Waals surface area contributed by atoms with E-state index in [1.54, 1.807) is 31.3 Å². The van der Waals surface area contributed by atoms with Crippen LogP contribution in [-0.4, -0.2) is 9.66 Å². The second-order valence-corrected chi connectivity index (χ2v) is 2.90. The summed E-state index contributed by atoms with van der Waals surface area (Å²) in [6, 6.07) is 5.23. The molecule has 0 spiro atoms. The van der Waals surface area contributed by atoms with E-state index in [9.17, 15) is 4.79 Å². The second kappa shape index (κ2) is 2.58. The van der Waals surface area contributed by atoms with Gasteiger partial charge in [-0.3, -0.25) is 9.78 Å². The molecule has 0 bridgehead atoms. The van der Waals surface area contributed by atoms with Crippen molar-refractivity contribution in [1.82, 2.24) is 9.66 Å². The summed E-state index contributed by atoms with van der Waals surface area (Å²) in [5.74, 6) is 5.52. The average Bonchev–Trinajstić information content (AvgIpc) is 2.15. The second-order valence-electron chi connectivity index (χ2n) is 2.90. The molecule has 0 atom stereocenters. The van der Waals surface area contributed by atoms with E-state index in [1.807, 2.05) is 0 Å². The van der Waals surface area contributed by atoms with Gasteiger partial charge in [-0.05, 0) is 25.1 Å². The van der Waals surface area contributed by atoms with Gasteiger partial charge in [-0.15, -0.1) is 0 Å². The van der Waals surface area contributed by atoms with Crippen molar-refractivity contribution in [2.45, 2.75) is 6.92 Å². The Bertz CT molecular complexity index is 516. The summed E-state index contributed by atoms with van der Waals surface area (Å²) in [7, 11) is 0. The molecule has 0 saturated heterocycles. The number of pyridine rings is 2. The molecule has 0 amide bonds. The van der Waals surface area contributed by atoms with Crippen LogP contribution in [0.2, 0.25) is 0 Å². The van der Waals surface area contributed by atoms with Crippen LogP contribution in [0.25, 0.3) is 10.9 Å². The van der Waals surface area contributed by atoms with E-state index in [4.69, 9.17) is 5.84 Å². The van der Waals surface area contributed by atoms with Crippen LogP contribution in [-0.2, 0) is 0 Å². The van der Waals surface area contributed by atoms with Crippen LogP contribution in [0.4, 0.5) is 0 Å². The fraction of sp³-hybridized carbons (Fsp3) is 0.111. The predicted octanol–water partition coefficient (Wildman–Crippen LogP) is 0.419. The maximum Gasteiger partial charge on any atom is 0.278 e. The van der Waals surface area contributed by atoms with Crippen LogP contribution >= 0.6 is 0 Å². The number of aryl methyl sites for hydroxylation is 1. The maximum absolute atomic E-state index is 11.5. The van der Waals surface area contributed by atoms with Gasteiger partial charge in [0.1, 0.15) is 0 Å². The van der Waals surface area contributed by atoms with Crippen molar-refractivity contribution in [3.8, 4) is 0 Å². The van der Waals surface area contributed by atoms with Crippen LogP contribution in [0.5, 0.6) is 0 Å². The third-order valence-corrected chi connectivity index (χ3v) is 2.01. The zero-order chi connectivity index (χ0) is 9.42. The number of fused-ring (bicyclic) bond motifs is 1. The summed E-state index contributed by atoms with van der Waals surface area (Å²) in [6.45, 7) is 1.77. The van der Waals surface area contributed by atoms with Crippen molar-refractivity contribution in [3.05, 3.63) is 40.4 Å². The number of rotatable bonds is 0. The summed E-state index contributed by atoms with van der Waals surface area (Å²) in [6.07, 6.45) is 1.65. The van der Waals surface area contributed by atoms with Gasteiger partial charge in [-0.1, -0.05) is 0 Å². The third-order valence-electron chi connectivity index (χ3n) is 2.01. The van der Waals surface area contributed by atoms with Gasteiger partial charge >= 0.3 is 0 Å². The molecule has 0 fully saturated rings. The first-order valence-corrected chi connectivity index (χ1v) is 3.92. The topological polar surface area (TPSA) is 60.9 Å². The molecule has 0 aliphatic carbocycles. The largest absolute Gasteiger partial charge is 0.336 e. The molecule has 2 rings (SSSR count). The lowest BCUT2D eigenvalue weighted by atomic mass is 10.2. The van der Waals surface area contributed by atoms with Gasteiger partial charge in [0.2, 0.25) is 0 Å². The van der Waals surface area contributed by atoms with Crippen molar-refractivity contribution < 1.29 is 0 Å². The van der Waals surface area contributed by atoms with Crippen molar-refractivity contribution in [3.63, 3.8) is 0 Å². The molecule has 66 valence electrons. The van der Waals surface area contributed by atoms with Gasteiger partial charge in [-0.25, -0.2) is 4.68 Å². The number of nitrogen functional groups attached to an aromatic ring is 1. The molecule has 0 aromatic carbocycles. The molecule has 0 aliphatic heterocycles. The first-order chi connectivity index (χ1) is 6.20. The minimum atomic E-state index is -0.205. The van der Waals surface area contributed by atoms with E-state index < -0.39 is 0 Å². The number of hydrogen-bond acceptors (Lipinski definition) is 3. The van der Waals surface area contributed by atoms with E-state index in [-0.39, 0.29) is 5.56 Å². The van der Waals surface area contributed by atoms with E-state index >= 15 is 0 Å². The summed E-state index contributed by atoms with van der Waals surface area (Å²) in [5, 5.41) is 0.551. The molecular formula is C9H9N3O. The summed E-state index contributed by atoms with van der Waals surface area (Å²) < 4.78 is 1.13. The first-order valence-electron chi connectivity index (χ1n) is 3.92. The normalized spacial score (nSPS) is 10.5. The molecule has 2 heterocycles. The lowest BCUT2D eigenvalue weighted by molar-refractivity contribution is 0.899. The van der Waals surface area contributed by atoms with E-state index in [1.165, 1.54) is 0 Å². The van der Waals surface area contributed by atoms with E-state index in [2.05, 4.69) is 4.98 Å². The maximum atomic E-state index is 11.5. The Kier molecular flexibility index (Phi) is 1.55. The van der Waals surface area contributed by atoms with Crippen LogP contribution in [0.3, 0.4) is 0 Å². The first kappa shape index (κ1) is 7.79. The monoisotopic (exact) mass is 175 g/mol. The number of aromatic nitrogens is 2. The van der Waals surface area contributed by atoms with Crippen molar-refractivity contribution in [1.29, 1.82) is 0 Å². The SMILES string of the molecule is Cc1cc2ncccc2c(=O)n1N. The molecule has 2 aromatic rings. The highest BCUT2D eigenvalue weighted by Gasteiger charge is 2.02. The molecule has 0 unspecified atom stereocenters. The van der Waals surface area contributed by atoms with Gasteiger partial charge < -0.3 is 5.84 Å². The summed E-state index contributed by atoms with van der Waals surface area (Å²) in [5.41, 5.74) is 1.19. The smallest absolute Gasteiger partial charge is 0.278 e. The van der Waals surface area contributed by atoms with Gasteiger partial charge in [0, 0.05) is 11.9 Å². The van der Waals surface area contributed by atoms with Crippen LogP contribution in [0, 0.1) is 6.92 Å². The van der Waals surface area contributed by atoms with Crippen molar-refractivity contribution >= 4 is 10.9 Å². The summed E-state index contributed by atoms with van der Waals surface area (Å²) in [4.78, 5) is 15.6. The Morgan fingerprint density at radius 2 is 2.31 bits per heavy atom. The molecule has 2 aromatic heterocycles. The highest BCUT2D eigenvalue weighted by Crippen LogP contribution is 2.06. The molecule has 4 nitrogen and oxygen atoms in total. The third kappa shape index (κ3) is 1.07. The fourth-order valence-corrected chi connectivity index (χ4v) is 1.27. The minimum Gasteiger partial charge on any atom is -0.336 e. The van der Waals surface area contributed by atoms with Crippen molar-refractivity contribution in [2.75, 3.05) is 5.84 Å². The predicted molar refractivity (Wildman–Crippen MR) is 50.9 cm³/mol. The van der Waals surface area contributed by atoms with Gasteiger partial charge in [-0.2, -0.15) is 0 Å². The molecule has 13 heavy (non-hydrogen) atoms. The van der Waals surface area contributed by atoms with Gasteiger partial charge in [0.25, 0.3) is 5.56 Å². The highest BCUT2D eigenvalue weighted by molar-refractivity contribution is 5.77. The Labute approximate surface area is 74.6 Å². The molecule has 2 N–H and O–H groups in total. The van der Waals surface area contributed by atoms with Crippen molar-refractivity contribution in [2.24, 2.45) is 0 Å². The number of nitrogens with two attached hydrogens (primary N) is 1. The van der Waals surface area contributed by atoms with Crippen LogP contribution < -0.4 is 11.4 Å². The average molecular weight is 175 g/mol. The Balaban J connectivity index is 3.03. The molecule has 0 radical (unpaired) electrons. The quantitative estimate of drug-likeness (QED) is 0.590. The minimum absolute atomic E-state index is 0.205. The molecule has 0 saturated carbocycles. The number of nitrogens with zero attached hydrogens (tertiary/aromatic N) is 2. The Morgan fingerprint density at radius 3 is 3.08 bits per heavy atom. The highest BCUT2D eigenvalue weighted by atomic mass is 16.1. The molecule has 4 heteroatoms. The zero-order valence-electron chi connectivity index (χ0n) is 7.19. The Hall–Kier alpha value is -1.84. The Morgan fingerprint density at radius 1 is 1.54 bits per heavy atom. The zero-order valence-corrected chi connectivity index (χ0v) is 7.19. The summed E-state index contributed by atoms with van der Waals surface area (Å²) >= 11 is 0. The lowest BCUT2D eigenvalue weighted by Gasteiger charge is -2.03. The molecule has 0 aliphatic rings. The van der Waals surface area contributed by atoms with Gasteiger partial charge in [0.05, 0.1) is 10.9 Å².